The second-order valence-electron chi connectivity index (χ2n) is 4.38. The van der Waals surface area contributed by atoms with Crippen LogP contribution in [-0.2, 0) is 0 Å². The van der Waals surface area contributed by atoms with Gasteiger partial charge in [-0.25, -0.2) is 0 Å². The summed E-state index contributed by atoms with van der Waals surface area (Å²) < 4.78 is 6.84. The fraction of sp³-hybridized carbons (Fsp3) is 0.571. The van der Waals surface area contributed by atoms with Gasteiger partial charge in [-0.1, -0.05) is 42.1 Å². The van der Waals surface area contributed by atoms with Gasteiger partial charge in [-0.15, -0.1) is 0 Å². The minimum atomic E-state index is -0.00172. The lowest BCUT2D eigenvalue weighted by Crippen LogP contribution is -2.08. The standard InChI is InChI=1S/C14H22BrNO/c1-3-4-5-6-9-17-14-8-7-12(15)10-13(14)11(2)16/h7-8,10-11H,3-6,9,16H2,1-2H3. The molecule has 0 bridgehead atoms. The predicted octanol–water partition coefficient (Wildman–Crippen LogP) is 4.43. The van der Waals surface area contributed by atoms with Gasteiger partial charge in [0.25, 0.3) is 0 Å². The maximum absolute atomic E-state index is 5.93. The highest BCUT2D eigenvalue weighted by Crippen LogP contribution is 2.27. The van der Waals surface area contributed by atoms with E-state index < -0.39 is 0 Å². The molecule has 1 rings (SSSR count). The van der Waals surface area contributed by atoms with Crippen molar-refractivity contribution in [3.8, 4) is 5.75 Å². The first-order chi connectivity index (χ1) is 8.15. The first-order valence-electron chi connectivity index (χ1n) is 6.33. The second-order valence-corrected chi connectivity index (χ2v) is 5.30. The smallest absolute Gasteiger partial charge is 0.124 e. The molecule has 0 spiro atoms. The third kappa shape index (κ3) is 5.09. The highest BCUT2D eigenvalue weighted by molar-refractivity contribution is 9.10. The number of nitrogens with two attached hydrogens (primary N) is 1. The number of halogens is 1. The Morgan fingerprint density at radius 3 is 2.71 bits per heavy atom. The fourth-order valence-corrected chi connectivity index (χ4v) is 2.10. The summed E-state index contributed by atoms with van der Waals surface area (Å²) in [6, 6.07) is 6.01. The van der Waals surface area contributed by atoms with Crippen LogP contribution in [0.15, 0.2) is 22.7 Å². The van der Waals surface area contributed by atoms with Crippen LogP contribution in [0.25, 0.3) is 0 Å². The summed E-state index contributed by atoms with van der Waals surface area (Å²) in [4.78, 5) is 0. The molecule has 0 saturated heterocycles. The maximum Gasteiger partial charge on any atom is 0.124 e. The van der Waals surface area contributed by atoms with Crippen LogP contribution in [0, 0.1) is 0 Å². The maximum atomic E-state index is 5.93. The molecule has 1 atom stereocenters. The second kappa shape index (κ2) is 7.72. The number of hydrogen-bond acceptors (Lipinski definition) is 2. The van der Waals surface area contributed by atoms with Crippen LogP contribution in [0.2, 0.25) is 0 Å². The molecule has 1 aromatic carbocycles. The van der Waals surface area contributed by atoms with Crippen LogP contribution in [0.4, 0.5) is 0 Å². The molecular formula is C14H22BrNO. The molecule has 0 saturated carbocycles. The van der Waals surface area contributed by atoms with E-state index in [4.69, 9.17) is 10.5 Å². The molecule has 2 nitrogen and oxygen atoms in total. The van der Waals surface area contributed by atoms with E-state index in [2.05, 4.69) is 22.9 Å². The van der Waals surface area contributed by atoms with Crippen LogP contribution in [0.1, 0.15) is 51.1 Å². The van der Waals surface area contributed by atoms with Gasteiger partial charge in [-0.2, -0.15) is 0 Å². The molecule has 0 amide bonds. The Hall–Kier alpha value is -0.540. The molecule has 2 N–H and O–H groups in total. The lowest BCUT2D eigenvalue weighted by atomic mass is 10.1. The van der Waals surface area contributed by atoms with Crippen molar-refractivity contribution >= 4 is 15.9 Å². The van der Waals surface area contributed by atoms with Crippen molar-refractivity contribution in [1.82, 2.24) is 0 Å². The van der Waals surface area contributed by atoms with Crippen LogP contribution >= 0.6 is 15.9 Å². The Morgan fingerprint density at radius 1 is 1.29 bits per heavy atom. The molecule has 96 valence electrons. The van der Waals surface area contributed by atoms with E-state index in [1.54, 1.807) is 0 Å². The van der Waals surface area contributed by atoms with Crippen LogP contribution < -0.4 is 10.5 Å². The number of unbranched alkanes of at least 4 members (excludes halogenated alkanes) is 3. The summed E-state index contributed by atoms with van der Waals surface area (Å²) in [7, 11) is 0. The van der Waals surface area contributed by atoms with Crippen LogP contribution in [0.5, 0.6) is 5.75 Å². The molecular weight excluding hydrogens is 278 g/mol. The molecule has 1 aromatic rings. The number of benzene rings is 1. The zero-order valence-corrected chi connectivity index (χ0v) is 12.3. The normalized spacial score (nSPS) is 12.5. The van der Waals surface area contributed by atoms with Crippen molar-refractivity contribution in [2.24, 2.45) is 5.73 Å². The Morgan fingerprint density at radius 2 is 2.06 bits per heavy atom. The number of hydrogen-bond donors (Lipinski definition) is 1. The lowest BCUT2D eigenvalue weighted by Gasteiger charge is -2.14. The van der Waals surface area contributed by atoms with E-state index >= 15 is 0 Å². The van der Waals surface area contributed by atoms with Gasteiger partial charge >= 0.3 is 0 Å². The SMILES string of the molecule is CCCCCCOc1ccc(Br)cc1C(C)N. The van der Waals surface area contributed by atoms with E-state index in [9.17, 15) is 0 Å². The molecule has 0 aliphatic rings. The van der Waals surface area contributed by atoms with Crippen LogP contribution in [-0.4, -0.2) is 6.61 Å². The average Bonchev–Trinajstić information content (AvgIpc) is 2.30. The van der Waals surface area contributed by atoms with Gasteiger partial charge in [0.1, 0.15) is 5.75 Å². The summed E-state index contributed by atoms with van der Waals surface area (Å²) in [6.07, 6.45) is 4.88. The molecule has 17 heavy (non-hydrogen) atoms. The van der Waals surface area contributed by atoms with Crippen LogP contribution in [0.3, 0.4) is 0 Å². The highest BCUT2D eigenvalue weighted by Gasteiger charge is 2.08. The first-order valence-corrected chi connectivity index (χ1v) is 7.12. The predicted molar refractivity (Wildman–Crippen MR) is 76.4 cm³/mol. The zero-order valence-electron chi connectivity index (χ0n) is 10.7. The average molecular weight is 300 g/mol. The number of ether oxygens (including phenoxy) is 1. The Kier molecular flexibility index (Phi) is 6.60. The van der Waals surface area contributed by atoms with Crippen molar-refractivity contribution < 1.29 is 4.74 Å². The molecule has 1 unspecified atom stereocenters. The minimum Gasteiger partial charge on any atom is -0.493 e. The quantitative estimate of drug-likeness (QED) is 0.756. The highest BCUT2D eigenvalue weighted by atomic mass is 79.9. The lowest BCUT2D eigenvalue weighted by molar-refractivity contribution is 0.300. The molecule has 0 aliphatic heterocycles. The Labute approximate surface area is 113 Å². The third-order valence-electron chi connectivity index (χ3n) is 2.72. The molecule has 0 aliphatic carbocycles. The molecule has 3 heteroatoms. The fourth-order valence-electron chi connectivity index (χ4n) is 1.72. The summed E-state index contributed by atoms with van der Waals surface area (Å²) in [5, 5.41) is 0. The monoisotopic (exact) mass is 299 g/mol. The van der Waals surface area contributed by atoms with Gasteiger partial charge in [-0.05, 0) is 31.5 Å². The van der Waals surface area contributed by atoms with E-state index in [0.717, 1.165) is 28.8 Å². The topological polar surface area (TPSA) is 35.2 Å². The van der Waals surface area contributed by atoms with Gasteiger partial charge in [0.05, 0.1) is 6.61 Å². The van der Waals surface area contributed by atoms with Crippen molar-refractivity contribution in [2.75, 3.05) is 6.61 Å². The van der Waals surface area contributed by atoms with Gasteiger partial charge in [0, 0.05) is 16.1 Å². The molecule has 0 fully saturated rings. The van der Waals surface area contributed by atoms with E-state index in [1.807, 2.05) is 25.1 Å². The van der Waals surface area contributed by atoms with E-state index in [-0.39, 0.29) is 6.04 Å². The van der Waals surface area contributed by atoms with E-state index in [1.165, 1.54) is 19.3 Å². The first kappa shape index (κ1) is 14.5. The molecule has 0 radical (unpaired) electrons. The van der Waals surface area contributed by atoms with Gasteiger partial charge < -0.3 is 10.5 Å². The van der Waals surface area contributed by atoms with Crippen molar-refractivity contribution in [2.45, 2.75) is 45.6 Å². The number of rotatable bonds is 7. The Balaban J connectivity index is 2.52. The van der Waals surface area contributed by atoms with Crippen molar-refractivity contribution in [1.29, 1.82) is 0 Å². The largest absolute Gasteiger partial charge is 0.493 e. The summed E-state index contributed by atoms with van der Waals surface area (Å²) in [5.74, 6) is 0.916. The van der Waals surface area contributed by atoms with Gasteiger partial charge in [0.15, 0.2) is 0 Å². The van der Waals surface area contributed by atoms with Crippen molar-refractivity contribution in [3.63, 3.8) is 0 Å². The van der Waals surface area contributed by atoms with Crippen molar-refractivity contribution in [3.05, 3.63) is 28.2 Å². The third-order valence-corrected chi connectivity index (χ3v) is 3.21. The summed E-state index contributed by atoms with van der Waals surface area (Å²) >= 11 is 3.46. The van der Waals surface area contributed by atoms with Gasteiger partial charge in [-0.3, -0.25) is 0 Å². The van der Waals surface area contributed by atoms with Gasteiger partial charge in [0.2, 0.25) is 0 Å². The summed E-state index contributed by atoms with van der Waals surface area (Å²) in [6.45, 7) is 4.97. The van der Waals surface area contributed by atoms with E-state index in [0.29, 0.717) is 0 Å². The Bertz CT molecular complexity index is 339. The summed E-state index contributed by atoms with van der Waals surface area (Å²) in [5.41, 5.74) is 7.00. The molecule has 0 aromatic heterocycles. The minimum absolute atomic E-state index is 0.00172. The molecule has 0 heterocycles. The zero-order chi connectivity index (χ0) is 12.7.